The lowest BCUT2D eigenvalue weighted by Crippen LogP contribution is -2.22. The van der Waals surface area contributed by atoms with Gasteiger partial charge in [0.15, 0.2) is 0 Å². The summed E-state index contributed by atoms with van der Waals surface area (Å²) in [5.41, 5.74) is 2.85. The van der Waals surface area contributed by atoms with Gasteiger partial charge in [-0.2, -0.15) is 10.2 Å². The Morgan fingerprint density at radius 2 is 2.13 bits per heavy atom. The third kappa shape index (κ3) is 5.49. The Kier molecular flexibility index (Phi) is 6.40. The summed E-state index contributed by atoms with van der Waals surface area (Å²) < 4.78 is 9.48. The predicted molar refractivity (Wildman–Crippen MR) is 125 cm³/mol. The van der Waals surface area contributed by atoms with Crippen LogP contribution < -0.4 is 5.32 Å². The minimum absolute atomic E-state index is 0.221. The van der Waals surface area contributed by atoms with E-state index in [-0.39, 0.29) is 5.91 Å². The highest BCUT2D eigenvalue weighted by atomic mass is 32.1. The van der Waals surface area contributed by atoms with Gasteiger partial charge in [0.2, 0.25) is 0 Å². The maximum Gasteiger partial charge on any atom is 0.275 e. The molecule has 1 fully saturated rings. The molecule has 1 aliphatic carbocycles. The van der Waals surface area contributed by atoms with Crippen molar-refractivity contribution in [2.75, 3.05) is 11.9 Å². The topological polar surface area (TPSA) is 86.9 Å². The molecule has 166 valence electrons. The van der Waals surface area contributed by atoms with Gasteiger partial charge in [-0.25, -0.2) is 9.67 Å². The van der Waals surface area contributed by atoms with Gasteiger partial charge in [-0.05, 0) is 32.2 Å². The number of aromatic nitrogens is 5. The van der Waals surface area contributed by atoms with E-state index in [2.05, 4.69) is 40.1 Å². The summed E-state index contributed by atoms with van der Waals surface area (Å²) in [7, 11) is -1.09. The highest BCUT2D eigenvalue weighted by Gasteiger charge is 2.22. The van der Waals surface area contributed by atoms with Crippen molar-refractivity contribution in [2.45, 2.75) is 64.6 Å². The number of nitrogens with zero attached hydrogens (tertiary/aromatic N) is 5. The van der Waals surface area contributed by atoms with E-state index in [1.54, 1.807) is 16.3 Å². The van der Waals surface area contributed by atoms with Crippen molar-refractivity contribution in [1.29, 1.82) is 0 Å². The Bertz CT molecular complexity index is 1050. The molecule has 0 unspecified atom stereocenters. The van der Waals surface area contributed by atoms with Crippen LogP contribution in [0.25, 0.3) is 10.6 Å². The molecule has 8 nitrogen and oxygen atoms in total. The maximum absolute atomic E-state index is 12.7. The summed E-state index contributed by atoms with van der Waals surface area (Å²) in [4.78, 5) is 17.2. The average molecular weight is 459 g/mol. The van der Waals surface area contributed by atoms with Gasteiger partial charge in [0.25, 0.3) is 5.91 Å². The number of hydrogen-bond donors (Lipinski definition) is 1. The highest BCUT2D eigenvalue weighted by molar-refractivity contribution is 7.13. The summed E-state index contributed by atoms with van der Waals surface area (Å²) in [6.45, 7) is 10.1. The van der Waals surface area contributed by atoms with Crippen LogP contribution in [0.3, 0.4) is 0 Å². The summed E-state index contributed by atoms with van der Waals surface area (Å²) in [5, 5.41) is 14.4. The number of ether oxygens (including phenoxy) is 1. The van der Waals surface area contributed by atoms with Crippen molar-refractivity contribution < 1.29 is 9.53 Å². The van der Waals surface area contributed by atoms with E-state index in [4.69, 9.17) is 4.74 Å². The lowest BCUT2D eigenvalue weighted by molar-refractivity contribution is 0.0786. The second-order valence-electron chi connectivity index (χ2n) is 9.30. The molecule has 0 radical (unpaired) electrons. The van der Waals surface area contributed by atoms with E-state index < -0.39 is 8.07 Å². The van der Waals surface area contributed by atoms with Gasteiger partial charge < -0.3 is 10.1 Å². The molecule has 3 heterocycles. The van der Waals surface area contributed by atoms with Gasteiger partial charge in [-0.1, -0.05) is 19.6 Å². The van der Waals surface area contributed by atoms with Crippen molar-refractivity contribution >= 4 is 31.0 Å². The number of carbonyl (C=O) groups is 1. The van der Waals surface area contributed by atoms with Crippen LogP contribution >= 0.6 is 11.3 Å². The number of hydrogen-bond acceptors (Lipinski definition) is 6. The zero-order chi connectivity index (χ0) is 22.0. The monoisotopic (exact) mass is 458 g/mol. The van der Waals surface area contributed by atoms with E-state index in [1.165, 1.54) is 17.8 Å². The molecule has 0 aromatic carbocycles. The minimum atomic E-state index is -1.09. The summed E-state index contributed by atoms with van der Waals surface area (Å²) in [6.07, 6.45) is 9.14. The zero-order valence-electron chi connectivity index (χ0n) is 18.6. The number of anilines is 1. The molecule has 1 amide bonds. The molecule has 1 N–H and O–H groups in total. The van der Waals surface area contributed by atoms with Gasteiger partial charge in [0, 0.05) is 38.0 Å². The molecule has 3 aromatic rings. The summed E-state index contributed by atoms with van der Waals surface area (Å²) in [6, 6.07) is 1.59. The number of aryl methyl sites for hydroxylation is 1. The first-order chi connectivity index (χ1) is 14.8. The molecule has 1 saturated carbocycles. The number of carbonyl (C=O) groups excluding carboxylic acids is 1. The van der Waals surface area contributed by atoms with Crippen LogP contribution in [0, 0.1) is 6.92 Å². The van der Waals surface area contributed by atoms with Crippen LogP contribution in [0.2, 0.25) is 25.7 Å². The Morgan fingerprint density at radius 1 is 1.32 bits per heavy atom. The van der Waals surface area contributed by atoms with Crippen LogP contribution in [-0.2, 0) is 11.5 Å². The molecule has 3 aromatic heterocycles. The lowest BCUT2D eigenvalue weighted by Gasteiger charge is -2.25. The number of thiazole rings is 1. The first-order valence-electron chi connectivity index (χ1n) is 10.7. The average Bonchev–Trinajstić information content (AvgIpc) is 3.37. The van der Waals surface area contributed by atoms with Crippen LogP contribution in [0.5, 0.6) is 0 Å². The molecule has 0 atom stereocenters. The van der Waals surface area contributed by atoms with E-state index in [0.29, 0.717) is 18.5 Å². The van der Waals surface area contributed by atoms with Gasteiger partial charge in [-0.15, -0.1) is 11.3 Å². The van der Waals surface area contributed by atoms with E-state index in [0.717, 1.165) is 47.4 Å². The van der Waals surface area contributed by atoms with Gasteiger partial charge in [-0.3, -0.25) is 9.48 Å². The third-order valence-corrected chi connectivity index (χ3v) is 8.05. The number of nitrogens with one attached hydrogen (secondary N) is 1. The van der Waals surface area contributed by atoms with Crippen LogP contribution in [0.15, 0.2) is 24.0 Å². The second-order valence-corrected chi connectivity index (χ2v) is 15.8. The van der Waals surface area contributed by atoms with Crippen molar-refractivity contribution in [3.63, 3.8) is 0 Å². The van der Waals surface area contributed by atoms with E-state index >= 15 is 0 Å². The first kappa shape index (κ1) is 21.9. The molecular weight excluding hydrogens is 428 g/mol. The number of amides is 1. The predicted octanol–water partition coefficient (Wildman–Crippen LogP) is 4.80. The van der Waals surface area contributed by atoms with Crippen molar-refractivity contribution in [1.82, 2.24) is 24.5 Å². The third-order valence-electron chi connectivity index (χ3n) is 5.45. The Labute approximate surface area is 187 Å². The molecule has 1 aliphatic rings. The summed E-state index contributed by atoms with van der Waals surface area (Å²) >= 11 is 1.43. The molecular formula is C21H30N6O2SSi. The maximum atomic E-state index is 12.7. The molecule has 31 heavy (non-hydrogen) atoms. The molecule has 10 heteroatoms. The molecule has 0 spiro atoms. The largest absolute Gasteiger partial charge is 0.360 e. The lowest BCUT2D eigenvalue weighted by atomic mass is 9.93. The highest BCUT2D eigenvalue weighted by Crippen LogP contribution is 2.32. The smallest absolute Gasteiger partial charge is 0.275 e. The van der Waals surface area contributed by atoms with Crippen molar-refractivity contribution in [3.05, 3.63) is 35.4 Å². The second kappa shape index (κ2) is 9.05. The zero-order valence-corrected chi connectivity index (χ0v) is 20.4. The van der Waals surface area contributed by atoms with Gasteiger partial charge >= 0.3 is 0 Å². The standard InChI is InChI=1S/C21H30N6O2SSi/c1-15-18(12-27(25-15)17-6-5-7-17)23-20(28)19-13-30-21(24-19)16-10-22-26(11-16)14-29-8-9-31(2,3)4/h10-13,17H,5-9,14H2,1-4H3,(H,23,28). The Hall–Kier alpha value is -2.30. The van der Waals surface area contributed by atoms with Crippen LogP contribution in [0.1, 0.15) is 41.5 Å². The van der Waals surface area contributed by atoms with Crippen LogP contribution in [0.4, 0.5) is 5.69 Å². The fourth-order valence-electron chi connectivity index (χ4n) is 3.22. The fraction of sp³-hybridized carbons (Fsp3) is 0.524. The van der Waals surface area contributed by atoms with Gasteiger partial charge in [0.1, 0.15) is 17.4 Å². The molecule has 0 bridgehead atoms. The summed E-state index contributed by atoms with van der Waals surface area (Å²) in [5.74, 6) is -0.221. The van der Waals surface area contributed by atoms with Crippen molar-refractivity contribution in [3.8, 4) is 10.6 Å². The van der Waals surface area contributed by atoms with Crippen molar-refractivity contribution in [2.24, 2.45) is 0 Å². The normalized spacial score (nSPS) is 14.6. The van der Waals surface area contributed by atoms with Gasteiger partial charge in [0.05, 0.1) is 23.6 Å². The van der Waals surface area contributed by atoms with E-state index in [1.807, 2.05) is 24.0 Å². The molecule has 0 aliphatic heterocycles. The Morgan fingerprint density at radius 3 is 2.84 bits per heavy atom. The minimum Gasteiger partial charge on any atom is -0.360 e. The quantitative estimate of drug-likeness (QED) is 0.368. The fourth-order valence-corrected chi connectivity index (χ4v) is 4.75. The Balaban J connectivity index is 1.34. The van der Waals surface area contributed by atoms with E-state index in [9.17, 15) is 4.79 Å². The van der Waals surface area contributed by atoms with Crippen LogP contribution in [-0.4, -0.2) is 45.1 Å². The molecule has 0 saturated heterocycles. The molecule has 4 rings (SSSR count). The number of rotatable bonds is 9. The first-order valence-corrected chi connectivity index (χ1v) is 15.3. The SMILES string of the molecule is Cc1nn(C2CCC2)cc1NC(=O)c1csc(-c2cnn(COCC[Si](C)(C)C)c2)n1.